The van der Waals surface area contributed by atoms with Crippen LogP contribution in [0.2, 0.25) is 0 Å². The zero-order valence-electron chi connectivity index (χ0n) is 8.52. The molecule has 0 aliphatic carbocycles. The van der Waals surface area contributed by atoms with Crippen LogP contribution in [0.25, 0.3) is 10.3 Å². The SMILES string of the molecule is CC(C)Nc1nc2ncc(C=O)cc2s1. The molecule has 2 aromatic heterocycles. The Kier molecular flexibility index (Phi) is 2.64. The van der Waals surface area contributed by atoms with Crippen molar-refractivity contribution in [2.45, 2.75) is 19.9 Å². The number of nitrogens with one attached hydrogen (secondary N) is 1. The van der Waals surface area contributed by atoms with E-state index in [0.29, 0.717) is 17.3 Å². The number of pyridine rings is 1. The molecule has 15 heavy (non-hydrogen) atoms. The van der Waals surface area contributed by atoms with Gasteiger partial charge < -0.3 is 5.32 Å². The van der Waals surface area contributed by atoms with Crippen molar-refractivity contribution < 1.29 is 4.79 Å². The van der Waals surface area contributed by atoms with Crippen LogP contribution in [0.15, 0.2) is 12.3 Å². The fourth-order valence-corrected chi connectivity index (χ4v) is 2.23. The largest absolute Gasteiger partial charge is 0.359 e. The monoisotopic (exact) mass is 221 g/mol. The summed E-state index contributed by atoms with van der Waals surface area (Å²) in [6.45, 7) is 4.10. The summed E-state index contributed by atoms with van der Waals surface area (Å²) in [5, 5.41) is 4.05. The highest BCUT2D eigenvalue weighted by molar-refractivity contribution is 7.22. The lowest BCUT2D eigenvalue weighted by Crippen LogP contribution is -2.08. The van der Waals surface area contributed by atoms with E-state index in [-0.39, 0.29) is 0 Å². The lowest BCUT2D eigenvalue weighted by molar-refractivity contribution is 0.112. The summed E-state index contributed by atoms with van der Waals surface area (Å²) in [5.74, 6) is 0. The molecule has 2 rings (SSSR count). The number of anilines is 1. The lowest BCUT2D eigenvalue weighted by atomic mass is 10.3. The number of thiazole rings is 1. The van der Waals surface area contributed by atoms with Crippen LogP contribution in [0.4, 0.5) is 5.13 Å². The number of carbonyl (C=O) groups excluding carboxylic acids is 1. The Morgan fingerprint density at radius 2 is 2.33 bits per heavy atom. The number of nitrogens with zero attached hydrogens (tertiary/aromatic N) is 2. The third-order valence-corrected chi connectivity index (χ3v) is 2.74. The molecule has 4 nitrogen and oxygen atoms in total. The highest BCUT2D eigenvalue weighted by atomic mass is 32.1. The summed E-state index contributed by atoms with van der Waals surface area (Å²) >= 11 is 1.51. The average Bonchev–Trinajstić information content (AvgIpc) is 2.57. The van der Waals surface area contributed by atoms with Crippen LogP contribution in [0.1, 0.15) is 24.2 Å². The maximum atomic E-state index is 10.6. The summed E-state index contributed by atoms with van der Waals surface area (Å²) in [6, 6.07) is 2.15. The smallest absolute Gasteiger partial charge is 0.185 e. The van der Waals surface area contributed by atoms with E-state index in [0.717, 1.165) is 16.1 Å². The van der Waals surface area contributed by atoms with Crippen molar-refractivity contribution in [3.05, 3.63) is 17.8 Å². The Hall–Kier alpha value is -1.49. The molecule has 0 saturated heterocycles. The second-order valence-corrected chi connectivity index (χ2v) is 4.56. The number of carbonyl (C=O) groups is 1. The van der Waals surface area contributed by atoms with Crippen molar-refractivity contribution in [1.82, 2.24) is 9.97 Å². The molecule has 0 aliphatic rings. The van der Waals surface area contributed by atoms with Crippen molar-refractivity contribution in [1.29, 1.82) is 0 Å². The van der Waals surface area contributed by atoms with Crippen molar-refractivity contribution in [2.24, 2.45) is 0 Å². The van der Waals surface area contributed by atoms with Gasteiger partial charge in [0.25, 0.3) is 0 Å². The summed E-state index contributed by atoms with van der Waals surface area (Å²) in [7, 11) is 0. The maximum Gasteiger partial charge on any atom is 0.185 e. The molecule has 0 unspecified atom stereocenters. The molecule has 1 N–H and O–H groups in total. The van der Waals surface area contributed by atoms with Crippen molar-refractivity contribution >= 4 is 33.1 Å². The molecule has 0 fully saturated rings. The molecule has 0 amide bonds. The lowest BCUT2D eigenvalue weighted by Gasteiger charge is -2.03. The number of rotatable bonds is 3. The van der Waals surface area contributed by atoms with Crippen LogP contribution in [-0.2, 0) is 0 Å². The predicted molar refractivity (Wildman–Crippen MR) is 61.6 cm³/mol. The average molecular weight is 221 g/mol. The quantitative estimate of drug-likeness (QED) is 0.808. The highest BCUT2D eigenvalue weighted by Gasteiger charge is 2.06. The summed E-state index contributed by atoms with van der Waals surface area (Å²) in [4.78, 5) is 19.0. The Balaban J connectivity index is 2.42. The molecular formula is C10H11N3OS. The normalized spacial score (nSPS) is 10.9. The third-order valence-electron chi connectivity index (χ3n) is 1.82. The summed E-state index contributed by atoms with van der Waals surface area (Å²) in [6.07, 6.45) is 2.33. The van der Waals surface area contributed by atoms with E-state index in [9.17, 15) is 4.79 Å². The van der Waals surface area contributed by atoms with Gasteiger partial charge in [0.2, 0.25) is 0 Å². The highest BCUT2D eigenvalue weighted by Crippen LogP contribution is 2.25. The van der Waals surface area contributed by atoms with Gasteiger partial charge in [-0.05, 0) is 19.9 Å². The second-order valence-electron chi connectivity index (χ2n) is 3.53. The first-order valence-electron chi connectivity index (χ1n) is 4.67. The minimum absolute atomic E-state index is 0.344. The minimum Gasteiger partial charge on any atom is -0.359 e. The number of aldehydes is 1. The molecule has 0 saturated carbocycles. The van der Waals surface area contributed by atoms with Gasteiger partial charge in [0, 0.05) is 17.8 Å². The Bertz CT molecular complexity index is 492. The topological polar surface area (TPSA) is 54.9 Å². The molecule has 0 atom stereocenters. The second kappa shape index (κ2) is 3.94. The predicted octanol–water partition coefficient (Wildman–Crippen LogP) is 2.32. The molecular weight excluding hydrogens is 210 g/mol. The summed E-state index contributed by atoms with van der Waals surface area (Å²) in [5.41, 5.74) is 1.27. The number of aromatic nitrogens is 2. The molecule has 5 heteroatoms. The van der Waals surface area contributed by atoms with E-state index in [2.05, 4.69) is 29.1 Å². The van der Waals surface area contributed by atoms with Gasteiger partial charge in [0.15, 0.2) is 17.1 Å². The molecule has 0 bridgehead atoms. The van der Waals surface area contributed by atoms with Gasteiger partial charge >= 0.3 is 0 Å². The van der Waals surface area contributed by atoms with Crippen LogP contribution < -0.4 is 5.32 Å². The number of hydrogen-bond donors (Lipinski definition) is 1. The maximum absolute atomic E-state index is 10.6. The first-order valence-corrected chi connectivity index (χ1v) is 5.49. The standard InChI is InChI=1S/C10H11N3OS/c1-6(2)12-10-13-9-8(15-10)3-7(5-14)4-11-9/h3-6H,1-2H3,(H,11,12,13). The van der Waals surface area contributed by atoms with Crippen LogP contribution in [0.5, 0.6) is 0 Å². The number of fused-ring (bicyclic) bond motifs is 1. The fourth-order valence-electron chi connectivity index (χ4n) is 1.21. The van der Waals surface area contributed by atoms with Gasteiger partial charge in [-0.3, -0.25) is 4.79 Å². The molecule has 0 aromatic carbocycles. The first kappa shape index (κ1) is 10.0. The van der Waals surface area contributed by atoms with Crippen LogP contribution in [-0.4, -0.2) is 22.3 Å². The van der Waals surface area contributed by atoms with E-state index >= 15 is 0 Å². The molecule has 78 valence electrons. The molecule has 2 heterocycles. The zero-order chi connectivity index (χ0) is 10.8. The van der Waals surface area contributed by atoms with Crippen molar-refractivity contribution in [3.63, 3.8) is 0 Å². The Morgan fingerprint density at radius 1 is 1.53 bits per heavy atom. The van der Waals surface area contributed by atoms with E-state index < -0.39 is 0 Å². The molecule has 0 radical (unpaired) electrons. The van der Waals surface area contributed by atoms with Crippen molar-refractivity contribution in [2.75, 3.05) is 5.32 Å². The van der Waals surface area contributed by atoms with Gasteiger partial charge in [-0.15, -0.1) is 0 Å². The van der Waals surface area contributed by atoms with Crippen LogP contribution >= 0.6 is 11.3 Å². The van der Waals surface area contributed by atoms with Crippen LogP contribution in [0.3, 0.4) is 0 Å². The summed E-state index contributed by atoms with van der Waals surface area (Å²) < 4.78 is 0.933. The van der Waals surface area contributed by atoms with Gasteiger partial charge in [-0.1, -0.05) is 11.3 Å². The van der Waals surface area contributed by atoms with Gasteiger partial charge in [0.1, 0.15) is 0 Å². The minimum atomic E-state index is 0.344. The number of hydrogen-bond acceptors (Lipinski definition) is 5. The molecule has 0 spiro atoms. The van der Waals surface area contributed by atoms with Gasteiger partial charge in [0.05, 0.1) is 4.70 Å². The van der Waals surface area contributed by atoms with Gasteiger partial charge in [-0.25, -0.2) is 9.97 Å². The molecule has 0 aliphatic heterocycles. The third kappa shape index (κ3) is 2.12. The zero-order valence-corrected chi connectivity index (χ0v) is 9.34. The van der Waals surface area contributed by atoms with Crippen molar-refractivity contribution in [3.8, 4) is 0 Å². The Morgan fingerprint density at radius 3 is 3.00 bits per heavy atom. The molecule has 2 aromatic rings. The van der Waals surface area contributed by atoms with E-state index in [1.807, 2.05) is 0 Å². The van der Waals surface area contributed by atoms with E-state index in [4.69, 9.17) is 0 Å². The fraction of sp³-hybridized carbons (Fsp3) is 0.300. The van der Waals surface area contributed by atoms with Gasteiger partial charge in [-0.2, -0.15) is 0 Å². The van der Waals surface area contributed by atoms with E-state index in [1.165, 1.54) is 17.5 Å². The first-order chi connectivity index (χ1) is 7.19. The van der Waals surface area contributed by atoms with E-state index in [1.54, 1.807) is 6.07 Å². The van der Waals surface area contributed by atoms with Crippen LogP contribution in [0, 0.1) is 0 Å². The Labute approximate surface area is 91.4 Å².